The van der Waals surface area contributed by atoms with E-state index in [1.54, 1.807) is 36.0 Å². The molecule has 2 N–H and O–H groups in total. The summed E-state index contributed by atoms with van der Waals surface area (Å²) in [5.74, 6) is 0.113. The van der Waals surface area contributed by atoms with Crippen molar-refractivity contribution in [3.05, 3.63) is 65.5 Å². The van der Waals surface area contributed by atoms with Gasteiger partial charge in [0.25, 0.3) is 0 Å². The number of hydrogen-bond acceptors (Lipinski definition) is 6. The second kappa shape index (κ2) is 7.49. The number of thiophene rings is 1. The number of aromatic amines is 2. The topological polar surface area (TPSA) is 86.4 Å². The van der Waals surface area contributed by atoms with Crippen LogP contribution in [0.15, 0.2) is 59.7 Å². The van der Waals surface area contributed by atoms with Crippen LogP contribution in [-0.2, 0) is 0 Å². The van der Waals surface area contributed by atoms with Gasteiger partial charge in [0.1, 0.15) is 17.0 Å². The average molecular weight is 456 g/mol. The van der Waals surface area contributed by atoms with E-state index in [0.717, 1.165) is 28.0 Å². The maximum Gasteiger partial charge on any atom is 0.159 e. The molecule has 0 saturated heterocycles. The van der Waals surface area contributed by atoms with Crippen molar-refractivity contribution in [1.82, 2.24) is 30.1 Å². The minimum atomic E-state index is -0.370. The van der Waals surface area contributed by atoms with Crippen LogP contribution in [0, 0.1) is 5.82 Å². The third kappa shape index (κ3) is 3.16. The lowest BCUT2D eigenvalue weighted by atomic mass is 10.0. The van der Waals surface area contributed by atoms with Gasteiger partial charge in [-0.05, 0) is 35.7 Å². The van der Waals surface area contributed by atoms with Crippen LogP contribution in [-0.4, -0.2) is 44.2 Å². The van der Waals surface area contributed by atoms with Crippen LogP contribution in [0.5, 0.6) is 0 Å². The Bertz CT molecular complexity index is 1620. The fraction of sp³-hybridized carbons (Fsp3) is 0.0833. The third-order valence-corrected chi connectivity index (χ3v) is 6.32. The van der Waals surface area contributed by atoms with Crippen LogP contribution >= 0.6 is 11.3 Å². The van der Waals surface area contributed by atoms with E-state index in [-0.39, 0.29) is 5.82 Å². The van der Waals surface area contributed by atoms with Gasteiger partial charge in [-0.25, -0.2) is 9.37 Å². The van der Waals surface area contributed by atoms with Gasteiger partial charge in [0.2, 0.25) is 0 Å². The van der Waals surface area contributed by atoms with E-state index in [9.17, 15) is 0 Å². The van der Waals surface area contributed by atoms with Crippen LogP contribution in [0.2, 0.25) is 0 Å². The number of H-pyrrole nitrogens is 2. The number of anilines is 1. The van der Waals surface area contributed by atoms with Gasteiger partial charge >= 0.3 is 0 Å². The van der Waals surface area contributed by atoms with Crippen molar-refractivity contribution in [3.8, 4) is 33.9 Å². The molecule has 7 nitrogen and oxygen atoms in total. The van der Waals surface area contributed by atoms with Gasteiger partial charge in [-0.15, -0.1) is 0 Å². The number of nitrogens with zero attached hydrogens (tertiary/aromatic N) is 5. The quantitative estimate of drug-likeness (QED) is 0.367. The molecule has 33 heavy (non-hydrogen) atoms. The second-order valence-corrected chi connectivity index (χ2v) is 8.68. The first-order chi connectivity index (χ1) is 16.1. The molecule has 0 aliphatic heterocycles. The molecule has 0 aliphatic rings. The number of fused-ring (bicyclic) bond motifs is 2. The highest BCUT2D eigenvalue weighted by Crippen LogP contribution is 2.35. The summed E-state index contributed by atoms with van der Waals surface area (Å²) in [6, 6.07) is 9.35. The molecule has 0 spiro atoms. The van der Waals surface area contributed by atoms with Crippen molar-refractivity contribution in [3.63, 3.8) is 0 Å². The van der Waals surface area contributed by atoms with Gasteiger partial charge in [-0.2, -0.15) is 16.4 Å². The lowest BCUT2D eigenvalue weighted by molar-refractivity contribution is 0.643. The molecule has 0 unspecified atom stereocenters. The number of pyridine rings is 2. The molecule has 0 saturated carbocycles. The van der Waals surface area contributed by atoms with Gasteiger partial charge in [0.15, 0.2) is 5.82 Å². The van der Waals surface area contributed by atoms with Crippen molar-refractivity contribution in [2.45, 2.75) is 0 Å². The third-order valence-electron chi connectivity index (χ3n) is 5.64. The summed E-state index contributed by atoms with van der Waals surface area (Å²) in [4.78, 5) is 18.8. The summed E-state index contributed by atoms with van der Waals surface area (Å²) in [7, 11) is 3.85. The Balaban J connectivity index is 1.53. The molecule has 0 amide bonds. The summed E-state index contributed by atoms with van der Waals surface area (Å²) in [6.45, 7) is 0. The molecule has 0 atom stereocenters. The first-order valence-corrected chi connectivity index (χ1v) is 11.2. The maximum atomic E-state index is 15.9. The Morgan fingerprint density at radius 1 is 1.00 bits per heavy atom. The Morgan fingerprint density at radius 3 is 2.73 bits per heavy atom. The number of aromatic nitrogens is 6. The van der Waals surface area contributed by atoms with E-state index in [1.807, 2.05) is 54.0 Å². The molecule has 0 bridgehead atoms. The Labute approximate surface area is 192 Å². The first kappa shape index (κ1) is 19.6. The molecule has 9 heteroatoms. The SMILES string of the molecule is CN(C)c1cncc(-c2ccc3[nH]nc(-c4nc5c(-c6ccsc6)nccc5[nH]4)c3c2F)c1. The maximum absolute atomic E-state index is 15.9. The molecule has 6 aromatic rings. The highest BCUT2D eigenvalue weighted by atomic mass is 32.1. The summed E-state index contributed by atoms with van der Waals surface area (Å²) in [5.41, 5.74) is 6.39. The Kier molecular flexibility index (Phi) is 4.44. The summed E-state index contributed by atoms with van der Waals surface area (Å²) < 4.78 is 15.9. The molecule has 1 aromatic carbocycles. The minimum Gasteiger partial charge on any atom is -0.376 e. The summed E-state index contributed by atoms with van der Waals surface area (Å²) in [6.07, 6.45) is 5.15. The zero-order valence-corrected chi connectivity index (χ0v) is 18.6. The molecular formula is C24H18FN7S. The summed E-state index contributed by atoms with van der Waals surface area (Å²) >= 11 is 1.60. The zero-order valence-electron chi connectivity index (χ0n) is 17.8. The molecular weight excluding hydrogens is 437 g/mol. The normalized spacial score (nSPS) is 11.5. The van der Waals surface area contributed by atoms with Gasteiger partial charge in [0, 0.05) is 48.6 Å². The van der Waals surface area contributed by atoms with Crippen LogP contribution in [0.1, 0.15) is 0 Å². The Morgan fingerprint density at radius 2 is 1.91 bits per heavy atom. The lowest BCUT2D eigenvalue weighted by Gasteiger charge is -2.13. The molecule has 0 fully saturated rings. The smallest absolute Gasteiger partial charge is 0.159 e. The van der Waals surface area contributed by atoms with Crippen LogP contribution < -0.4 is 4.90 Å². The fourth-order valence-electron chi connectivity index (χ4n) is 3.94. The van der Waals surface area contributed by atoms with Gasteiger partial charge in [-0.3, -0.25) is 15.1 Å². The van der Waals surface area contributed by atoms with E-state index in [1.165, 1.54) is 0 Å². The lowest BCUT2D eigenvalue weighted by Crippen LogP contribution is -2.08. The van der Waals surface area contributed by atoms with E-state index in [4.69, 9.17) is 4.98 Å². The number of halogens is 1. The molecule has 6 rings (SSSR count). The molecule has 0 aliphatic carbocycles. The number of rotatable bonds is 4. The van der Waals surface area contributed by atoms with Crippen molar-refractivity contribution in [1.29, 1.82) is 0 Å². The van der Waals surface area contributed by atoms with Crippen LogP contribution in [0.4, 0.5) is 10.1 Å². The van der Waals surface area contributed by atoms with E-state index < -0.39 is 0 Å². The monoisotopic (exact) mass is 455 g/mol. The van der Waals surface area contributed by atoms with Crippen LogP contribution in [0.25, 0.3) is 55.8 Å². The number of hydrogen-bond donors (Lipinski definition) is 2. The first-order valence-electron chi connectivity index (χ1n) is 10.3. The number of imidazole rings is 1. The highest BCUT2D eigenvalue weighted by molar-refractivity contribution is 7.08. The number of benzene rings is 1. The molecule has 5 aromatic heterocycles. The highest BCUT2D eigenvalue weighted by Gasteiger charge is 2.20. The molecule has 162 valence electrons. The second-order valence-electron chi connectivity index (χ2n) is 7.90. The van der Waals surface area contributed by atoms with Gasteiger partial charge in [0.05, 0.1) is 34.0 Å². The van der Waals surface area contributed by atoms with E-state index in [0.29, 0.717) is 33.5 Å². The Hall–Kier alpha value is -4.11. The molecule has 5 heterocycles. The van der Waals surface area contributed by atoms with Gasteiger partial charge < -0.3 is 9.88 Å². The predicted molar refractivity (Wildman–Crippen MR) is 130 cm³/mol. The zero-order chi connectivity index (χ0) is 22.5. The van der Waals surface area contributed by atoms with Crippen molar-refractivity contribution in [2.75, 3.05) is 19.0 Å². The van der Waals surface area contributed by atoms with Crippen molar-refractivity contribution < 1.29 is 4.39 Å². The van der Waals surface area contributed by atoms with Gasteiger partial charge in [-0.1, -0.05) is 0 Å². The predicted octanol–water partition coefficient (Wildman–Crippen LogP) is 5.50. The fourth-order valence-corrected chi connectivity index (χ4v) is 4.59. The summed E-state index contributed by atoms with van der Waals surface area (Å²) in [5, 5.41) is 11.7. The van der Waals surface area contributed by atoms with E-state index >= 15 is 4.39 Å². The average Bonchev–Trinajstić information content (AvgIpc) is 3.58. The van der Waals surface area contributed by atoms with Crippen molar-refractivity contribution >= 4 is 39.0 Å². The standard InChI is InChI=1S/C24H18FN7S/c1-32(2)15-9-14(10-26-11-15)16-3-4-17-19(20(16)25)23(31-30-17)24-28-18-5-7-27-21(22(18)29-24)13-6-8-33-12-13/h3-12H,1-2H3,(H,28,29)(H,30,31). The van der Waals surface area contributed by atoms with E-state index in [2.05, 4.69) is 25.1 Å². The van der Waals surface area contributed by atoms with Crippen molar-refractivity contribution in [2.24, 2.45) is 0 Å². The number of nitrogens with one attached hydrogen (secondary N) is 2. The molecule has 0 radical (unpaired) electrons. The largest absolute Gasteiger partial charge is 0.376 e. The van der Waals surface area contributed by atoms with Crippen LogP contribution in [0.3, 0.4) is 0 Å². The minimum absolute atomic E-state index is 0.370.